The molecule has 2 nitrogen and oxygen atoms in total. The molecule has 1 aromatic carbocycles. The molecule has 1 aromatic rings. The Labute approximate surface area is 84.1 Å². The van der Waals surface area contributed by atoms with Gasteiger partial charge in [0.25, 0.3) is 5.91 Å². The number of carbonyl (C=O) groups excluding carboxylic acids is 1. The van der Waals surface area contributed by atoms with E-state index in [1.54, 1.807) is 0 Å². The summed E-state index contributed by atoms with van der Waals surface area (Å²) < 4.78 is 38.4. The number of rotatable bonds is 2. The summed E-state index contributed by atoms with van der Waals surface area (Å²) in [4.78, 5) is 11.3. The standard InChI is InChI=1S/C10H8F3NO/c11-7-4-9(13)8(12)3-6(7)10(15)14-5-1-2-5/h3-5H,1-2H2,(H,14,15). The number of hydrogen-bond donors (Lipinski definition) is 1. The summed E-state index contributed by atoms with van der Waals surface area (Å²) in [5.41, 5.74) is -0.458. The number of nitrogens with one attached hydrogen (secondary N) is 1. The highest BCUT2D eigenvalue weighted by Gasteiger charge is 2.25. The number of amides is 1. The van der Waals surface area contributed by atoms with Crippen LogP contribution in [0.15, 0.2) is 12.1 Å². The van der Waals surface area contributed by atoms with E-state index in [1.807, 2.05) is 0 Å². The minimum Gasteiger partial charge on any atom is -0.349 e. The van der Waals surface area contributed by atoms with Crippen molar-refractivity contribution < 1.29 is 18.0 Å². The van der Waals surface area contributed by atoms with Gasteiger partial charge in [0, 0.05) is 12.1 Å². The molecule has 15 heavy (non-hydrogen) atoms. The van der Waals surface area contributed by atoms with Crippen molar-refractivity contribution in [2.45, 2.75) is 18.9 Å². The fourth-order valence-corrected chi connectivity index (χ4v) is 1.19. The zero-order valence-corrected chi connectivity index (χ0v) is 7.69. The van der Waals surface area contributed by atoms with Crippen LogP contribution in [0.1, 0.15) is 23.2 Å². The van der Waals surface area contributed by atoms with Gasteiger partial charge in [-0.2, -0.15) is 0 Å². The maximum atomic E-state index is 13.1. The molecule has 0 aromatic heterocycles. The molecule has 2 rings (SSSR count). The topological polar surface area (TPSA) is 29.1 Å². The van der Waals surface area contributed by atoms with Crippen LogP contribution in [-0.4, -0.2) is 11.9 Å². The monoisotopic (exact) mass is 215 g/mol. The first kappa shape index (κ1) is 10.0. The Hall–Kier alpha value is -1.52. The third-order valence-corrected chi connectivity index (χ3v) is 2.17. The quantitative estimate of drug-likeness (QED) is 0.751. The van der Waals surface area contributed by atoms with Crippen LogP contribution in [0.5, 0.6) is 0 Å². The molecule has 1 saturated carbocycles. The molecule has 80 valence electrons. The zero-order chi connectivity index (χ0) is 11.0. The van der Waals surface area contributed by atoms with Crippen LogP contribution in [-0.2, 0) is 0 Å². The smallest absolute Gasteiger partial charge is 0.254 e. The first-order chi connectivity index (χ1) is 7.08. The highest BCUT2D eigenvalue weighted by Crippen LogP contribution is 2.20. The van der Waals surface area contributed by atoms with Crippen molar-refractivity contribution in [2.24, 2.45) is 0 Å². The van der Waals surface area contributed by atoms with Crippen molar-refractivity contribution in [3.63, 3.8) is 0 Å². The number of hydrogen-bond acceptors (Lipinski definition) is 1. The largest absolute Gasteiger partial charge is 0.349 e. The van der Waals surface area contributed by atoms with E-state index in [0.29, 0.717) is 12.1 Å². The van der Waals surface area contributed by atoms with E-state index in [0.717, 1.165) is 12.8 Å². The van der Waals surface area contributed by atoms with Gasteiger partial charge >= 0.3 is 0 Å². The van der Waals surface area contributed by atoms with Crippen LogP contribution >= 0.6 is 0 Å². The molecule has 0 radical (unpaired) electrons. The first-order valence-electron chi connectivity index (χ1n) is 4.53. The lowest BCUT2D eigenvalue weighted by molar-refractivity contribution is 0.0946. The predicted octanol–water partition coefficient (Wildman–Crippen LogP) is 2.00. The first-order valence-corrected chi connectivity index (χ1v) is 4.53. The van der Waals surface area contributed by atoms with E-state index in [1.165, 1.54) is 0 Å². The van der Waals surface area contributed by atoms with Gasteiger partial charge in [-0.3, -0.25) is 4.79 Å². The Morgan fingerprint density at radius 3 is 2.33 bits per heavy atom. The lowest BCUT2D eigenvalue weighted by atomic mass is 10.2. The summed E-state index contributed by atoms with van der Waals surface area (Å²) >= 11 is 0. The fourth-order valence-electron chi connectivity index (χ4n) is 1.19. The molecule has 0 bridgehead atoms. The second-order valence-electron chi connectivity index (χ2n) is 3.49. The van der Waals surface area contributed by atoms with E-state index in [4.69, 9.17) is 0 Å². The van der Waals surface area contributed by atoms with Crippen molar-refractivity contribution in [2.75, 3.05) is 0 Å². The third-order valence-electron chi connectivity index (χ3n) is 2.17. The van der Waals surface area contributed by atoms with Gasteiger partial charge in [0.2, 0.25) is 0 Å². The van der Waals surface area contributed by atoms with Gasteiger partial charge in [0.1, 0.15) is 5.82 Å². The Bertz CT molecular complexity index is 415. The Kier molecular flexibility index (Phi) is 2.38. The van der Waals surface area contributed by atoms with Crippen LogP contribution in [0, 0.1) is 17.5 Å². The SMILES string of the molecule is O=C(NC1CC1)c1cc(F)c(F)cc1F. The molecule has 0 heterocycles. The van der Waals surface area contributed by atoms with Gasteiger partial charge in [-0.15, -0.1) is 0 Å². The summed E-state index contributed by atoms with van der Waals surface area (Å²) in [6.07, 6.45) is 1.69. The molecule has 5 heteroatoms. The number of benzene rings is 1. The minimum absolute atomic E-state index is 0.0463. The number of halogens is 3. The fraction of sp³-hybridized carbons (Fsp3) is 0.300. The van der Waals surface area contributed by atoms with Gasteiger partial charge in [-0.25, -0.2) is 13.2 Å². The molecule has 0 aliphatic heterocycles. The van der Waals surface area contributed by atoms with Crippen LogP contribution in [0.4, 0.5) is 13.2 Å². The second-order valence-corrected chi connectivity index (χ2v) is 3.49. The Morgan fingerprint density at radius 2 is 1.73 bits per heavy atom. The molecular formula is C10H8F3NO. The van der Waals surface area contributed by atoms with Gasteiger partial charge in [0.15, 0.2) is 11.6 Å². The lowest BCUT2D eigenvalue weighted by Gasteiger charge is -2.04. The Balaban J connectivity index is 2.25. The van der Waals surface area contributed by atoms with Crippen LogP contribution < -0.4 is 5.32 Å². The molecule has 0 saturated heterocycles. The molecule has 0 spiro atoms. The van der Waals surface area contributed by atoms with E-state index in [2.05, 4.69) is 5.32 Å². The average Bonchev–Trinajstić information content (AvgIpc) is 2.95. The maximum absolute atomic E-state index is 13.1. The van der Waals surface area contributed by atoms with Gasteiger partial charge in [-0.05, 0) is 18.9 Å². The zero-order valence-electron chi connectivity index (χ0n) is 7.69. The molecule has 1 aliphatic rings. The third kappa shape index (κ3) is 2.11. The maximum Gasteiger partial charge on any atom is 0.254 e. The second kappa shape index (κ2) is 3.56. The van der Waals surface area contributed by atoms with Crippen molar-refractivity contribution in [1.29, 1.82) is 0 Å². The summed E-state index contributed by atoms with van der Waals surface area (Å²) in [6.45, 7) is 0. The van der Waals surface area contributed by atoms with Crippen LogP contribution in [0.2, 0.25) is 0 Å². The molecule has 1 aliphatic carbocycles. The van der Waals surface area contributed by atoms with Crippen molar-refractivity contribution in [3.05, 3.63) is 35.1 Å². The average molecular weight is 215 g/mol. The van der Waals surface area contributed by atoms with E-state index < -0.39 is 28.9 Å². The van der Waals surface area contributed by atoms with E-state index in [-0.39, 0.29) is 6.04 Å². The van der Waals surface area contributed by atoms with Crippen molar-refractivity contribution in [1.82, 2.24) is 5.32 Å². The molecule has 1 fully saturated rings. The summed E-state index contributed by atoms with van der Waals surface area (Å²) in [7, 11) is 0. The van der Waals surface area contributed by atoms with Crippen LogP contribution in [0.25, 0.3) is 0 Å². The molecule has 1 amide bonds. The summed E-state index contributed by atoms with van der Waals surface area (Å²) in [6, 6.07) is 0.990. The van der Waals surface area contributed by atoms with Crippen molar-refractivity contribution >= 4 is 5.91 Å². The molecular weight excluding hydrogens is 207 g/mol. The summed E-state index contributed by atoms with van der Waals surface area (Å²) in [5.74, 6) is -4.27. The minimum atomic E-state index is -1.30. The molecule has 1 N–H and O–H groups in total. The van der Waals surface area contributed by atoms with E-state index in [9.17, 15) is 18.0 Å². The predicted molar refractivity (Wildman–Crippen MR) is 46.8 cm³/mol. The highest BCUT2D eigenvalue weighted by molar-refractivity contribution is 5.94. The number of carbonyl (C=O) groups is 1. The lowest BCUT2D eigenvalue weighted by Crippen LogP contribution is -2.26. The van der Waals surface area contributed by atoms with Crippen LogP contribution in [0.3, 0.4) is 0 Å². The Morgan fingerprint density at radius 1 is 1.13 bits per heavy atom. The normalized spacial score (nSPS) is 15.1. The van der Waals surface area contributed by atoms with Crippen molar-refractivity contribution in [3.8, 4) is 0 Å². The van der Waals surface area contributed by atoms with Gasteiger partial charge in [-0.1, -0.05) is 0 Å². The van der Waals surface area contributed by atoms with E-state index >= 15 is 0 Å². The highest BCUT2D eigenvalue weighted by atomic mass is 19.2. The van der Waals surface area contributed by atoms with Gasteiger partial charge < -0.3 is 5.32 Å². The molecule has 0 unspecified atom stereocenters. The van der Waals surface area contributed by atoms with Gasteiger partial charge in [0.05, 0.1) is 5.56 Å². The summed E-state index contributed by atoms with van der Waals surface area (Å²) in [5, 5.41) is 2.49. The molecule has 0 atom stereocenters.